The second-order valence-corrected chi connectivity index (χ2v) is 3.99. The summed E-state index contributed by atoms with van der Waals surface area (Å²) < 4.78 is 1.06. The van der Waals surface area contributed by atoms with Crippen molar-refractivity contribution in [2.75, 3.05) is 0 Å². The Morgan fingerprint density at radius 2 is 2.06 bits per heavy atom. The fraction of sp³-hybridized carbons (Fsp3) is 0.333. The standard InChI is InChI=1S/C12H14N2O4/c1-8(15)2-3-9-4-5-11(16)14(7-9)10(13)6-12(17)18/h4-5,7,13H,2-3,6H2,1H3,(H,17,18). The van der Waals surface area contributed by atoms with E-state index < -0.39 is 17.9 Å². The third kappa shape index (κ3) is 3.97. The third-order valence-electron chi connectivity index (χ3n) is 2.37. The van der Waals surface area contributed by atoms with Gasteiger partial charge in [0.2, 0.25) is 0 Å². The first kappa shape index (κ1) is 13.8. The highest BCUT2D eigenvalue weighted by atomic mass is 16.4. The Labute approximate surface area is 103 Å². The van der Waals surface area contributed by atoms with Crippen LogP contribution in [0.1, 0.15) is 25.3 Å². The van der Waals surface area contributed by atoms with Crippen LogP contribution in [0.3, 0.4) is 0 Å². The van der Waals surface area contributed by atoms with Gasteiger partial charge in [-0.1, -0.05) is 0 Å². The Hall–Kier alpha value is -2.24. The molecule has 0 fully saturated rings. The molecule has 1 rings (SSSR count). The van der Waals surface area contributed by atoms with Crippen molar-refractivity contribution in [2.24, 2.45) is 0 Å². The Morgan fingerprint density at radius 1 is 1.39 bits per heavy atom. The fourth-order valence-corrected chi connectivity index (χ4v) is 1.46. The van der Waals surface area contributed by atoms with Gasteiger partial charge in [-0.15, -0.1) is 0 Å². The molecule has 0 spiro atoms. The molecular formula is C12H14N2O4. The van der Waals surface area contributed by atoms with Crippen LogP contribution >= 0.6 is 0 Å². The van der Waals surface area contributed by atoms with Gasteiger partial charge in [-0.25, -0.2) is 4.79 Å². The van der Waals surface area contributed by atoms with E-state index in [1.165, 1.54) is 19.2 Å². The van der Waals surface area contributed by atoms with Gasteiger partial charge in [-0.2, -0.15) is 4.57 Å². The number of nitrogens with zero attached hydrogens (tertiary/aromatic N) is 1. The average molecular weight is 250 g/mol. The summed E-state index contributed by atoms with van der Waals surface area (Å²) in [5, 5.41) is 15.9. The van der Waals surface area contributed by atoms with Crippen LogP contribution < -0.4 is 16.1 Å². The molecule has 0 amide bonds. The van der Waals surface area contributed by atoms with Gasteiger partial charge < -0.3 is 14.7 Å². The molecule has 0 bridgehead atoms. The number of hydrogen-bond donors (Lipinski definition) is 1. The summed E-state index contributed by atoms with van der Waals surface area (Å²) >= 11 is 0. The molecule has 1 heterocycles. The molecule has 6 heteroatoms. The molecule has 0 saturated heterocycles. The van der Waals surface area contributed by atoms with Gasteiger partial charge in [-0.3, -0.25) is 5.41 Å². The Kier molecular flexibility index (Phi) is 4.53. The molecule has 96 valence electrons. The maximum absolute atomic E-state index is 11.5. The quantitative estimate of drug-likeness (QED) is 0.461. The second-order valence-electron chi connectivity index (χ2n) is 3.99. The molecular weight excluding hydrogens is 236 g/mol. The van der Waals surface area contributed by atoms with Crippen molar-refractivity contribution in [3.05, 3.63) is 34.2 Å². The summed E-state index contributed by atoms with van der Waals surface area (Å²) in [5.74, 6) is -1.42. The highest BCUT2D eigenvalue weighted by Crippen LogP contribution is 2.01. The van der Waals surface area contributed by atoms with Crippen LogP contribution in [0.4, 0.5) is 0 Å². The molecule has 1 aromatic heterocycles. The minimum atomic E-state index is -1.35. The van der Waals surface area contributed by atoms with Gasteiger partial charge in [0, 0.05) is 12.5 Å². The second kappa shape index (κ2) is 5.90. The number of Topliss-reactive ketones (excluding diaryl/α,β-unsaturated/α-hetero) is 1. The molecule has 0 unspecified atom stereocenters. The van der Waals surface area contributed by atoms with Gasteiger partial charge in [0.1, 0.15) is 12.0 Å². The van der Waals surface area contributed by atoms with E-state index in [9.17, 15) is 19.5 Å². The zero-order valence-electron chi connectivity index (χ0n) is 10.0. The zero-order chi connectivity index (χ0) is 13.7. The minimum absolute atomic E-state index is 0.0411. The van der Waals surface area contributed by atoms with Gasteiger partial charge in [-0.05, 0) is 25.0 Å². The van der Waals surface area contributed by atoms with Gasteiger partial charge in [0.05, 0.1) is 12.4 Å². The molecule has 0 aromatic carbocycles. The largest absolute Gasteiger partial charge is 0.549 e. The van der Waals surface area contributed by atoms with Crippen molar-refractivity contribution in [1.29, 1.82) is 0 Å². The number of ketones is 1. The predicted molar refractivity (Wildman–Crippen MR) is 61.7 cm³/mol. The molecule has 0 aliphatic carbocycles. The van der Waals surface area contributed by atoms with Gasteiger partial charge >= 0.3 is 5.56 Å². The van der Waals surface area contributed by atoms with Crippen LogP contribution in [-0.4, -0.2) is 22.2 Å². The Balaban J connectivity index is 2.94. The normalized spacial score (nSPS) is 10.1. The van der Waals surface area contributed by atoms with Crippen LogP contribution in [0.25, 0.3) is 0 Å². The number of carboxylic acids is 1. The summed E-state index contributed by atoms with van der Waals surface area (Å²) in [7, 11) is 0. The lowest BCUT2D eigenvalue weighted by atomic mass is 10.1. The summed E-state index contributed by atoms with van der Waals surface area (Å²) in [6.45, 7) is 1.48. The van der Waals surface area contributed by atoms with E-state index in [1.54, 1.807) is 6.07 Å². The molecule has 0 aliphatic heterocycles. The number of aliphatic carboxylic acids is 1. The predicted octanol–water partition coefficient (Wildman–Crippen LogP) is -2.48. The molecule has 0 saturated carbocycles. The van der Waals surface area contributed by atoms with Crippen LogP contribution in [0.5, 0.6) is 0 Å². The van der Waals surface area contributed by atoms with Crippen molar-refractivity contribution in [2.45, 2.75) is 26.2 Å². The van der Waals surface area contributed by atoms with E-state index in [-0.39, 0.29) is 11.6 Å². The van der Waals surface area contributed by atoms with E-state index in [4.69, 9.17) is 5.41 Å². The number of carbonyl (C=O) groups excluding carboxylic acids is 2. The maximum Gasteiger partial charge on any atom is 0.338 e. The van der Waals surface area contributed by atoms with E-state index in [2.05, 4.69) is 0 Å². The van der Waals surface area contributed by atoms with E-state index in [1.807, 2.05) is 0 Å². The zero-order valence-corrected chi connectivity index (χ0v) is 10.0. The highest BCUT2D eigenvalue weighted by molar-refractivity contribution is 5.93. The number of carboxylic acid groups (broad SMARTS) is 1. The van der Waals surface area contributed by atoms with Gasteiger partial charge in [0.15, 0.2) is 0 Å². The number of pyridine rings is 1. The maximum atomic E-state index is 11.5. The van der Waals surface area contributed by atoms with Crippen molar-refractivity contribution in [3.63, 3.8) is 0 Å². The number of carbonyl (C=O) groups is 2. The smallest absolute Gasteiger partial charge is 0.338 e. The first-order valence-electron chi connectivity index (χ1n) is 5.42. The lowest BCUT2D eigenvalue weighted by molar-refractivity contribution is -0.304. The van der Waals surface area contributed by atoms with Gasteiger partial charge in [0.25, 0.3) is 5.84 Å². The summed E-state index contributed by atoms with van der Waals surface area (Å²) in [5.41, 5.74) is 0.325. The van der Waals surface area contributed by atoms with Crippen LogP contribution in [-0.2, 0) is 16.0 Å². The lowest BCUT2D eigenvalue weighted by Gasteiger charge is -2.03. The molecule has 18 heavy (non-hydrogen) atoms. The van der Waals surface area contributed by atoms with Crippen LogP contribution in [0.15, 0.2) is 23.1 Å². The minimum Gasteiger partial charge on any atom is -0.549 e. The SMILES string of the molecule is CC(=O)CCc1ccc(=O)n(C(=[NH2+])CC(=O)[O-])c1. The van der Waals surface area contributed by atoms with Crippen LogP contribution in [0, 0.1) is 0 Å². The number of hydrogen-bond acceptors (Lipinski definition) is 4. The highest BCUT2D eigenvalue weighted by Gasteiger charge is 2.12. The molecule has 6 nitrogen and oxygen atoms in total. The first-order valence-corrected chi connectivity index (χ1v) is 5.42. The van der Waals surface area contributed by atoms with Crippen molar-refractivity contribution < 1.29 is 20.1 Å². The van der Waals surface area contributed by atoms with E-state index >= 15 is 0 Å². The topological polar surface area (TPSA) is 105 Å². The van der Waals surface area contributed by atoms with E-state index in [0.717, 1.165) is 10.1 Å². The average Bonchev–Trinajstić information content (AvgIpc) is 2.26. The number of aromatic nitrogens is 1. The number of nitrogens with two attached hydrogens (primary N) is 1. The third-order valence-corrected chi connectivity index (χ3v) is 2.37. The van der Waals surface area contributed by atoms with Crippen molar-refractivity contribution >= 4 is 17.6 Å². The molecule has 0 radical (unpaired) electrons. The van der Waals surface area contributed by atoms with Crippen molar-refractivity contribution in [3.8, 4) is 0 Å². The molecule has 0 aliphatic rings. The Morgan fingerprint density at radius 3 is 2.61 bits per heavy atom. The number of rotatable bonds is 5. The first-order chi connectivity index (χ1) is 8.40. The fourth-order valence-electron chi connectivity index (χ4n) is 1.46. The van der Waals surface area contributed by atoms with E-state index in [0.29, 0.717) is 12.8 Å². The summed E-state index contributed by atoms with van der Waals surface area (Å²) in [4.78, 5) is 32.8. The number of aryl methyl sites for hydroxylation is 1. The summed E-state index contributed by atoms with van der Waals surface area (Å²) in [6, 6.07) is 2.88. The lowest BCUT2D eigenvalue weighted by Crippen LogP contribution is -2.50. The summed E-state index contributed by atoms with van der Waals surface area (Å²) in [6.07, 6.45) is 1.77. The molecule has 1 aromatic rings. The molecule has 0 atom stereocenters. The van der Waals surface area contributed by atoms with Crippen LogP contribution in [0.2, 0.25) is 0 Å². The Bertz CT molecular complexity index is 545. The van der Waals surface area contributed by atoms with Crippen molar-refractivity contribution in [1.82, 2.24) is 4.57 Å². The molecule has 2 N–H and O–H groups in total. The monoisotopic (exact) mass is 250 g/mol.